The molecule has 84 valence electrons. The number of rotatable bonds is 2. The summed E-state index contributed by atoms with van der Waals surface area (Å²) in [5, 5.41) is 8.16. The average molecular weight is 247 g/mol. The number of esters is 1. The first-order chi connectivity index (χ1) is 7.52. The molecule has 0 atom stereocenters. The summed E-state index contributed by atoms with van der Waals surface area (Å²) in [5.74, 6) is -1.05. The monoisotopic (exact) mass is 246 g/mol. The molecular formula is C9H5ClF2N2O2. The Balaban J connectivity index is 3.57. The molecule has 0 spiro atoms. The lowest BCUT2D eigenvalue weighted by Gasteiger charge is -2.09. The van der Waals surface area contributed by atoms with Gasteiger partial charge in [-0.3, -0.25) is 0 Å². The number of hydrogen-bond donors (Lipinski definition) is 0. The van der Waals surface area contributed by atoms with Crippen LogP contribution in [0.3, 0.4) is 0 Å². The summed E-state index contributed by atoms with van der Waals surface area (Å²) in [6.07, 6.45) is -2.07. The van der Waals surface area contributed by atoms with Gasteiger partial charge < -0.3 is 4.74 Å². The molecule has 16 heavy (non-hydrogen) atoms. The highest BCUT2D eigenvalue weighted by Gasteiger charge is 2.26. The van der Waals surface area contributed by atoms with Crippen molar-refractivity contribution in [1.82, 2.24) is 4.98 Å². The van der Waals surface area contributed by atoms with E-state index in [1.165, 1.54) is 0 Å². The fourth-order valence-electron chi connectivity index (χ4n) is 1.11. The topological polar surface area (TPSA) is 63.0 Å². The van der Waals surface area contributed by atoms with E-state index in [-0.39, 0.29) is 5.56 Å². The summed E-state index contributed by atoms with van der Waals surface area (Å²) in [7, 11) is 1.02. The number of ether oxygens (including phenoxy) is 1. The van der Waals surface area contributed by atoms with Crippen molar-refractivity contribution in [1.29, 1.82) is 5.26 Å². The highest BCUT2D eigenvalue weighted by molar-refractivity contribution is 6.30. The number of halogens is 3. The summed E-state index contributed by atoms with van der Waals surface area (Å²) in [6, 6.07) is 1.58. The minimum Gasteiger partial charge on any atom is -0.465 e. The summed E-state index contributed by atoms with van der Waals surface area (Å²) in [6.45, 7) is 0. The van der Waals surface area contributed by atoms with Gasteiger partial charge in [0.2, 0.25) is 0 Å². The molecule has 0 aliphatic rings. The van der Waals surface area contributed by atoms with Crippen LogP contribution in [0.15, 0.2) is 6.20 Å². The van der Waals surface area contributed by atoms with Gasteiger partial charge in [0.25, 0.3) is 6.43 Å². The molecule has 1 aromatic heterocycles. The quantitative estimate of drug-likeness (QED) is 0.593. The molecule has 1 heterocycles. The zero-order valence-electron chi connectivity index (χ0n) is 8.00. The SMILES string of the molecule is COC(=O)c1c(C#N)cnc(Cl)c1C(F)F. The van der Waals surface area contributed by atoms with Gasteiger partial charge in [0, 0.05) is 6.20 Å². The number of aromatic nitrogens is 1. The molecular weight excluding hydrogens is 242 g/mol. The van der Waals surface area contributed by atoms with Gasteiger partial charge in [-0.25, -0.2) is 18.6 Å². The van der Waals surface area contributed by atoms with Crippen LogP contribution in [-0.2, 0) is 4.74 Å². The van der Waals surface area contributed by atoms with Gasteiger partial charge in [0.05, 0.1) is 23.8 Å². The third-order valence-corrected chi connectivity index (χ3v) is 2.10. The number of methoxy groups -OCH3 is 1. The second-order valence-electron chi connectivity index (χ2n) is 2.66. The van der Waals surface area contributed by atoms with Crippen molar-refractivity contribution in [3.63, 3.8) is 0 Å². The highest BCUT2D eigenvalue weighted by Crippen LogP contribution is 2.30. The van der Waals surface area contributed by atoms with Gasteiger partial charge in [-0.1, -0.05) is 11.6 Å². The lowest BCUT2D eigenvalue weighted by Crippen LogP contribution is -2.10. The van der Waals surface area contributed by atoms with E-state index in [0.29, 0.717) is 0 Å². The molecule has 0 N–H and O–H groups in total. The third kappa shape index (κ3) is 2.09. The first-order valence-corrected chi connectivity index (χ1v) is 4.35. The van der Waals surface area contributed by atoms with Crippen LogP contribution in [0.4, 0.5) is 8.78 Å². The van der Waals surface area contributed by atoms with Crippen LogP contribution in [0.25, 0.3) is 0 Å². The number of alkyl halides is 2. The predicted molar refractivity (Wildman–Crippen MR) is 50.3 cm³/mol. The van der Waals surface area contributed by atoms with Crippen molar-refractivity contribution < 1.29 is 18.3 Å². The van der Waals surface area contributed by atoms with E-state index in [0.717, 1.165) is 13.3 Å². The molecule has 0 fully saturated rings. The molecule has 0 amide bonds. The van der Waals surface area contributed by atoms with E-state index in [9.17, 15) is 13.6 Å². The Bertz CT molecular complexity index is 471. The standard InChI is InChI=1S/C9H5ClF2N2O2/c1-16-9(15)5-4(2-13)3-14-7(10)6(5)8(11)12/h3,8H,1H3. The number of hydrogen-bond acceptors (Lipinski definition) is 4. The molecule has 0 radical (unpaired) electrons. The van der Waals surface area contributed by atoms with Crippen LogP contribution in [0.1, 0.15) is 27.9 Å². The van der Waals surface area contributed by atoms with Crippen LogP contribution in [0.2, 0.25) is 5.15 Å². The molecule has 0 unspecified atom stereocenters. The number of pyridine rings is 1. The van der Waals surface area contributed by atoms with Crippen LogP contribution in [0.5, 0.6) is 0 Å². The Morgan fingerprint density at radius 2 is 2.31 bits per heavy atom. The van der Waals surface area contributed by atoms with Gasteiger partial charge >= 0.3 is 5.97 Å². The Kier molecular flexibility index (Phi) is 3.74. The molecule has 0 aliphatic heterocycles. The number of nitriles is 1. The van der Waals surface area contributed by atoms with Gasteiger partial charge in [0.1, 0.15) is 11.2 Å². The van der Waals surface area contributed by atoms with Crippen molar-refractivity contribution >= 4 is 17.6 Å². The Hall–Kier alpha value is -1.74. The second kappa shape index (κ2) is 4.86. The fraction of sp³-hybridized carbons (Fsp3) is 0.222. The van der Waals surface area contributed by atoms with Crippen LogP contribution in [0, 0.1) is 11.3 Å². The summed E-state index contributed by atoms with van der Waals surface area (Å²) in [4.78, 5) is 14.7. The van der Waals surface area contributed by atoms with Gasteiger partial charge in [0.15, 0.2) is 0 Å². The molecule has 0 aliphatic carbocycles. The van der Waals surface area contributed by atoms with Gasteiger partial charge in [-0.05, 0) is 0 Å². The number of carbonyl (C=O) groups excluding carboxylic acids is 1. The second-order valence-corrected chi connectivity index (χ2v) is 3.01. The van der Waals surface area contributed by atoms with Gasteiger partial charge in [-0.15, -0.1) is 0 Å². The maximum atomic E-state index is 12.7. The summed E-state index contributed by atoms with van der Waals surface area (Å²) < 4.78 is 29.6. The molecule has 0 aromatic carbocycles. The minimum absolute atomic E-state index is 0.299. The zero-order chi connectivity index (χ0) is 12.3. The van der Waals surface area contributed by atoms with E-state index in [1.54, 1.807) is 6.07 Å². The van der Waals surface area contributed by atoms with Crippen LogP contribution in [-0.4, -0.2) is 18.1 Å². The average Bonchev–Trinajstić information content (AvgIpc) is 2.27. The summed E-state index contributed by atoms with van der Waals surface area (Å²) >= 11 is 5.45. The maximum Gasteiger partial charge on any atom is 0.339 e. The van der Waals surface area contributed by atoms with Crippen molar-refractivity contribution in [2.75, 3.05) is 7.11 Å². The minimum atomic E-state index is -3.01. The number of nitrogens with zero attached hydrogens (tertiary/aromatic N) is 2. The Morgan fingerprint density at radius 1 is 1.69 bits per heavy atom. The molecule has 7 heteroatoms. The van der Waals surface area contributed by atoms with Crippen LogP contribution >= 0.6 is 11.6 Å². The maximum absolute atomic E-state index is 12.7. The first-order valence-electron chi connectivity index (χ1n) is 3.97. The van der Waals surface area contributed by atoms with Crippen molar-refractivity contribution in [2.24, 2.45) is 0 Å². The highest BCUT2D eigenvalue weighted by atomic mass is 35.5. The van der Waals surface area contributed by atoms with E-state index < -0.39 is 28.7 Å². The molecule has 1 aromatic rings. The first kappa shape index (κ1) is 12.3. The molecule has 4 nitrogen and oxygen atoms in total. The predicted octanol–water partition coefficient (Wildman–Crippen LogP) is 2.33. The lowest BCUT2D eigenvalue weighted by atomic mass is 10.1. The van der Waals surface area contributed by atoms with Crippen molar-refractivity contribution in [3.05, 3.63) is 28.0 Å². The smallest absolute Gasteiger partial charge is 0.339 e. The normalized spacial score (nSPS) is 10.0. The van der Waals surface area contributed by atoms with Crippen molar-refractivity contribution in [3.8, 4) is 6.07 Å². The summed E-state index contributed by atoms with van der Waals surface area (Å²) in [5.41, 5.74) is -1.63. The molecule has 1 rings (SSSR count). The lowest BCUT2D eigenvalue weighted by molar-refractivity contribution is 0.0588. The van der Waals surface area contributed by atoms with E-state index in [4.69, 9.17) is 16.9 Å². The van der Waals surface area contributed by atoms with Gasteiger partial charge in [-0.2, -0.15) is 5.26 Å². The van der Waals surface area contributed by atoms with Crippen molar-refractivity contribution in [2.45, 2.75) is 6.43 Å². The zero-order valence-corrected chi connectivity index (χ0v) is 8.76. The van der Waals surface area contributed by atoms with E-state index >= 15 is 0 Å². The largest absolute Gasteiger partial charge is 0.465 e. The van der Waals surface area contributed by atoms with Crippen LogP contribution < -0.4 is 0 Å². The third-order valence-electron chi connectivity index (χ3n) is 1.80. The van der Waals surface area contributed by atoms with E-state index in [2.05, 4.69) is 9.72 Å². The Labute approximate surface area is 94.4 Å². The van der Waals surface area contributed by atoms with E-state index in [1.807, 2.05) is 0 Å². The fourth-order valence-corrected chi connectivity index (χ4v) is 1.34. The molecule has 0 saturated heterocycles. The Morgan fingerprint density at radius 3 is 2.75 bits per heavy atom. The number of carbonyl (C=O) groups is 1. The molecule has 0 saturated carbocycles. The molecule has 0 bridgehead atoms.